The Kier molecular flexibility index (Phi) is 6.40. The molecule has 3 fully saturated rings. The van der Waals surface area contributed by atoms with Crippen molar-refractivity contribution in [2.45, 2.75) is 83.8 Å². The maximum absolute atomic E-state index is 13.6. The van der Waals surface area contributed by atoms with Crippen molar-refractivity contribution in [1.29, 1.82) is 0 Å². The third-order valence-corrected chi connectivity index (χ3v) is 7.30. The number of carbonyl (C=O) groups excluding carboxylic acids is 3. The van der Waals surface area contributed by atoms with Crippen LogP contribution < -0.4 is 0 Å². The Bertz CT molecular complexity index is 938. The molecule has 5 atom stereocenters. The van der Waals surface area contributed by atoms with Crippen molar-refractivity contribution in [1.82, 2.24) is 9.80 Å². The first-order valence-corrected chi connectivity index (χ1v) is 12.1. The molecule has 2 saturated heterocycles. The molecule has 2 aliphatic heterocycles. The lowest BCUT2D eigenvalue weighted by molar-refractivity contribution is -0.139. The van der Waals surface area contributed by atoms with E-state index in [1.54, 1.807) is 18.9 Å². The van der Waals surface area contributed by atoms with E-state index in [1.807, 2.05) is 58.0 Å². The number of nitrogens with zero attached hydrogens (tertiary/aromatic N) is 2. The van der Waals surface area contributed by atoms with Gasteiger partial charge < -0.3 is 19.1 Å². The van der Waals surface area contributed by atoms with Crippen LogP contribution in [0.2, 0.25) is 0 Å². The average Bonchev–Trinajstić information content (AvgIpc) is 3.32. The molecule has 34 heavy (non-hydrogen) atoms. The number of rotatable bonds is 5. The zero-order chi connectivity index (χ0) is 24.8. The summed E-state index contributed by atoms with van der Waals surface area (Å²) >= 11 is 0. The molecule has 186 valence electrons. The van der Waals surface area contributed by atoms with Gasteiger partial charge in [0, 0.05) is 13.7 Å². The molecule has 2 heterocycles. The van der Waals surface area contributed by atoms with Crippen LogP contribution in [0.4, 0.5) is 9.59 Å². The van der Waals surface area contributed by atoms with Gasteiger partial charge in [-0.05, 0) is 57.9 Å². The number of hydrogen-bond acceptors (Lipinski definition) is 6. The SMILES string of the molecule is COC([C@@H](C)C(=O)N1C(=O)O[C@@H](c2ccccc2)[C@H]1C)[C@@H]1CC2(CC2)CN1C(=O)OC(C)(C)C. The molecule has 1 spiro atoms. The summed E-state index contributed by atoms with van der Waals surface area (Å²) in [5, 5.41) is 0. The maximum atomic E-state index is 13.6. The fourth-order valence-electron chi connectivity index (χ4n) is 5.35. The molecule has 0 bridgehead atoms. The summed E-state index contributed by atoms with van der Waals surface area (Å²) in [6, 6.07) is 8.66. The largest absolute Gasteiger partial charge is 0.444 e. The van der Waals surface area contributed by atoms with Gasteiger partial charge in [0.25, 0.3) is 0 Å². The number of ether oxygens (including phenoxy) is 3. The smallest absolute Gasteiger partial charge is 0.417 e. The quantitative estimate of drug-likeness (QED) is 0.626. The molecule has 1 aromatic rings. The fraction of sp³-hybridized carbons (Fsp3) is 0.654. The zero-order valence-electron chi connectivity index (χ0n) is 20.9. The van der Waals surface area contributed by atoms with Gasteiger partial charge >= 0.3 is 12.2 Å². The summed E-state index contributed by atoms with van der Waals surface area (Å²) in [4.78, 5) is 42.3. The Balaban J connectivity index is 1.53. The van der Waals surface area contributed by atoms with Gasteiger partial charge in [-0.1, -0.05) is 37.3 Å². The van der Waals surface area contributed by atoms with E-state index >= 15 is 0 Å². The molecule has 3 aliphatic rings. The second-order valence-corrected chi connectivity index (χ2v) is 11.0. The summed E-state index contributed by atoms with van der Waals surface area (Å²) < 4.78 is 17.1. The van der Waals surface area contributed by atoms with E-state index in [-0.39, 0.29) is 23.5 Å². The lowest BCUT2D eigenvalue weighted by Gasteiger charge is -2.35. The highest BCUT2D eigenvalue weighted by Crippen LogP contribution is 2.56. The average molecular weight is 473 g/mol. The topological polar surface area (TPSA) is 85.4 Å². The summed E-state index contributed by atoms with van der Waals surface area (Å²) in [5.41, 5.74) is 0.308. The van der Waals surface area contributed by atoms with Crippen LogP contribution in [0.5, 0.6) is 0 Å². The van der Waals surface area contributed by atoms with Crippen LogP contribution in [-0.2, 0) is 19.0 Å². The van der Waals surface area contributed by atoms with E-state index in [1.165, 1.54) is 4.90 Å². The van der Waals surface area contributed by atoms with Crippen molar-refractivity contribution in [3.63, 3.8) is 0 Å². The highest BCUT2D eigenvalue weighted by Gasteiger charge is 2.57. The van der Waals surface area contributed by atoms with Gasteiger partial charge in [-0.2, -0.15) is 0 Å². The molecule has 8 nitrogen and oxygen atoms in total. The summed E-state index contributed by atoms with van der Waals surface area (Å²) in [6.45, 7) is 9.70. The molecule has 0 N–H and O–H groups in total. The van der Waals surface area contributed by atoms with Crippen LogP contribution in [-0.4, -0.2) is 65.3 Å². The maximum Gasteiger partial charge on any atom is 0.417 e. The van der Waals surface area contributed by atoms with Crippen molar-refractivity contribution in [2.75, 3.05) is 13.7 Å². The predicted molar refractivity (Wildman–Crippen MR) is 125 cm³/mol. The first kappa shape index (κ1) is 24.5. The molecule has 8 heteroatoms. The molecular weight excluding hydrogens is 436 g/mol. The molecule has 0 radical (unpaired) electrons. The monoisotopic (exact) mass is 472 g/mol. The van der Waals surface area contributed by atoms with Gasteiger partial charge in [-0.25, -0.2) is 14.5 Å². The van der Waals surface area contributed by atoms with Crippen molar-refractivity contribution < 1.29 is 28.6 Å². The molecule has 1 saturated carbocycles. The number of likely N-dealkylation sites (tertiary alicyclic amines) is 1. The lowest BCUT2D eigenvalue weighted by Crippen LogP contribution is -2.52. The Morgan fingerprint density at radius 1 is 1.18 bits per heavy atom. The fourth-order valence-corrected chi connectivity index (χ4v) is 5.35. The lowest BCUT2D eigenvalue weighted by atomic mass is 9.91. The van der Waals surface area contributed by atoms with E-state index in [9.17, 15) is 14.4 Å². The Morgan fingerprint density at radius 3 is 2.38 bits per heavy atom. The van der Waals surface area contributed by atoms with Gasteiger partial charge in [0.15, 0.2) is 0 Å². The molecule has 4 rings (SSSR count). The normalized spacial score (nSPS) is 27.5. The summed E-state index contributed by atoms with van der Waals surface area (Å²) in [7, 11) is 1.55. The Morgan fingerprint density at radius 2 is 1.82 bits per heavy atom. The highest BCUT2D eigenvalue weighted by atomic mass is 16.6. The highest BCUT2D eigenvalue weighted by molar-refractivity contribution is 5.95. The molecule has 3 amide bonds. The standard InChI is InChI=1S/C26H36N2O6/c1-16(22(29)28-17(2)21(33-24(28)31)18-10-8-7-9-11-18)20(32-6)19-14-26(12-13-26)15-27(19)23(30)34-25(3,4)5/h7-11,16-17,19-21H,12-15H2,1-6H3/t16-,17-,19+,20?,21-/m1/s1. The third kappa shape index (κ3) is 4.65. The minimum absolute atomic E-state index is 0.0827. The predicted octanol–water partition coefficient (Wildman–Crippen LogP) is 4.54. The van der Waals surface area contributed by atoms with Gasteiger partial charge in [-0.15, -0.1) is 0 Å². The van der Waals surface area contributed by atoms with Gasteiger partial charge in [-0.3, -0.25) is 4.79 Å². The summed E-state index contributed by atoms with van der Waals surface area (Å²) in [5.74, 6) is -1.01. The first-order chi connectivity index (χ1) is 16.0. The number of benzene rings is 1. The van der Waals surface area contributed by atoms with Crippen LogP contribution in [0.1, 0.15) is 65.5 Å². The Hall–Kier alpha value is -2.61. The van der Waals surface area contributed by atoms with Gasteiger partial charge in [0.1, 0.15) is 11.7 Å². The van der Waals surface area contributed by atoms with Crippen LogP contribution in [0.25, 0.3) is 0 Å². The van der Waals surface area contributed by atoms with Gasteiger partial charge in [0.2, 0.25) is 5.91 Å². The number of methoxy groups -OCH3 is 1. The number of imide groups is 1. The second-order valence-electron chi connectivity index (χ2n) is 11.0. The van der Waals surface area contributed by atoms with Crippen molar-refractivity contribution in [3.8, 4) is 0 Å². The number of cyclic esters (lactones) is 1. The first-order valence-electron chi connectivity index (χ1n) is 12.1. The van der Waals surface area contributed by atoms with E-state index in [4.69, 9.17) is 14.2 Å². The molecule has 1 aromatic carbocycles. The summed E-state index contributed by atoms with van der Waals surface area (Å²) in [6.07, 6.45) is 0.727. The Labute approximate surface area is 201 Å². The minimum Gasteiger partial charge on any atom is -0.444 e. The van der Waals surface area contributed by atoms with E-state index in [0.717, 1.165) is 24.8 Å². The minimum atomic E-state index is -0.654. The third-order valence-electron chi connectivity index (χ3n) is 7.30. The van der Waals surface area contributed by atoms with E-state index in [0.29, 0.717) is 6.54 Å². The number of hydrogen-bond donors (Lipinski definition) is 0. The molecule has 1 unspecified atom stereocenters. The van der Waals surface area contributed by atoms with Crippen LogP contribution in [0.3, 0.4) is 0 Å². The molecule has 0 aromatic heterocycles. The van der Waals surface area contributed by atoms with Crippen molar-refractivity contribution >= 4 is 18.1 Å². The molecule has 1 aliphatic carbocycles. The number of carbonyl (C=O) groups is 3. The van der Waals surface area contributed by atoms with Crippen LogP contribution in [0.15, 0.2) is 30.3 Å². The van der Waals surface area contributed by atoms with Gasteiger partial charge in [0.05, 0.1) is 24.1 Å². The molecular formula is C26H36N2O6. The number of amides is 3. The van der Waals surface area contributed by atoms with E-state index in [2.05, 4.69) is 0 Å². The van der Waals surface area contributed by atoms with Crippen LogP contribution >= 0.6 is 0 Å². The second kappa shape index (κ2) is 8.87. The van der Waals surface area contributed by atoms with Crippen molar-refractivity contribution in [3.05, 3.63) is 35.9 Å². The van der Waals surface area contributed by atoms with Crippen molar-refractivity contribution in [2.24, 2.45) is 11.3 Å². The van der Waals surface area contributed by atoms with Crippen LogP contribution in [0, 0.1) is 11.3 Å². The zero-order valence-corrected chi connectivity index (χ0v) is 20.9. The van der Waals surface area contributed by atoms with E-state index < -0.39 is 35.9 Å².